The van der Waals surface area contributed by atoms with Gasteiger partial charge in [0.25, 0.3) is 0 Å². The van der Waals surface area contributed by atoms with Crippen LogP contribution in [0.5, 0.6) is 0 Å². The van der Waals surface area contributed by atoms with Gasteiger partial charge in [0.2, 0.25) is 5.91 Å². The van der Waals surface area contributed by atoms with Crippen LogP contribution in [0, 0.1) is 5.82 Å². The molecule has 0 atom stereocenters. The van der Waals surface area contributed by atoms with E-state index in [4.69, 9.17) is 0 Å². The lowest BCUT2D eigenvalue weighted by Crippen LogP contribution is -2.23. The minimum Gasteiger partial charge on any atom is -0.376 e. The number of halogens is 1. The molecule has 2 N–H and O–H groups in total. The molecule has 0 aromatic heterocycles. The molecule has 0 bridgehead atoms. The molecule has 0 aliphatic carbocycles. The second kappa shape index (κ2) is 6.65. The number of anilines is 2. The van der Waals surface area contributed by atoms with Gasteiger partial charge < -0.3 is 10.6 Å². The topological polar surface area (TPSA) is 58.2 Å². The number of para-hydroxylation sites is 2. The molecule has 5 heteroatoms. The molecule has 2 aromatic rings. The van der Waals surface area contributed by atoms with E-state index >= 15 is 0 Å². The zero-order valence-corrected chi connectivity index (χ0v) is 11.5. The number of hydrogen-bond acceptors (Lipinski definition) is 3. The predicted octanol–water partition coefficient (Wildman–Crippen LogP) is 3.08. The van der Waals surface area contributed by atoms with Gasteiger partial charge in [-0.3, -0.25) is 9.59 Å². The highest BCUT2D eigenvalue weighted by Crippen LogP contribution is 2.16. The molecular formula is C16H15FN2O2. The molecule has 0 unspecified atom stereocenters. The molecule has 108 valence electrons. The summed E-state index contributed by atoms with van der Waals surface area (Å²) in [4.78, 5) is 23.3. The van der Waals surface area contributed by atoms with Gasteiger partial charge in [-0.2, -0.15) is 0 Å². The van der Waals surface area contributed by atoms with E-state index < -0.39 is 11.7 Å². The summed E-state index contributed by atoms with van der Waals surface area (Å²) >= 11 is 0. The molecule has 1 amide bonds. The molecule has 0 fully saturated rings. The molecule has 0 saturated heterocycles. The maximum atomic E-state index is 13.4. The van der Waals surface area contributed by atoms with Gasteiger partial charge in [0.05, 0.1) is 12.2 Å². The Morgan fingerprint density at radius 2 is 1.62 bits per heavy atom. The summed E-state index contributed by atoms with van der Waals surface area (Å²) < 4.78 is 13.4. The molecular weight excluding hydrogens is 271 g/mol. The van der Waals surface area contributed by atoms with Gasteiger partial charge in [0, 0.05) is 11.3 Å². The lowest BCUT2D eigenvalue weighted by Gasteiger charge is -2.10. The zero-order valence-electron chi connectivity index (χ0n) is 11.5. The normalized spacial score (nSPS) is 10.0. The summed E-state index contributed by atoms with van der Waals surface area (Å²) in [6, 6.07) is 12.9. The summed E-state index contributed by atoms with van der Waals surface area (Å²) in [5.74, 6) is -0.971. The first-order chi connectivity index (χ1) is 10.1. The molecule has 0 aliphatic heterocycles. The van der Waals surface area contributed by atoms with E-state index in [2.05, 4.69) is 10.6 Å². The van der Waals surface area contributed by atoms with Crippen LogP contribution < -0.4 is 10.6 Å². The van der Waals surface area contributed by atoms with Gasteiger partial charge in [-0.15, -0.1) is 0 Å². The fourth-order valence-corrected chi connectivity index (χ4v) is 1.88. The highest BCUT2D eigenvalue weighted by atomic mass is 19.1. The van der Waals surface area contributed by atoms with Crippen LogP contribution in [0.2, 0.25) is 0 Å². The van der Waals surface area contributed by atoms with Crippen molar-refractivity contribution in [1.29, 1.82) is 0 Å². The first kappa shape index (κ1) is 14.7. The van der Waals surface area contributed by atoms with Crippen molar-refractivity contribution in [3.05, 3.63) is 59.9 Å². The lowest BCUT2D eigenvalue weighted by molar-refractivity contribution is -0.114. The standard InChI is InChI=1S/C16H15FN2O2/c1-11(20)12-6-2-4-8-14(12)18-10-16(21)19-15-9-5-3-7-13(15)17/h2-9,18H,10H2,1H3,(H,19,21). The van der Waals surface area contributed by atoms with Gasteiger partial charge in [0.15, 0.2) is 5.78 Å². The summed E-state index contributed by atoms with van der Waals surface area (Å²) in [6.07, 6.45) is 0. The van der Waals surface area contributed by atoms with Crippen molar-refractivity contribution >= 4 is 23.1 Å². The fraction of sp³-hybridized carbons (Fsp3) is 0.125. The van der Waals surface area contributed by atoms with Crippen LogP contribution in [0.3, 0.4) is 0 Å². The largest absolute Gasteiger partial charge is 0.376 e. The first-order valence-electron chi connectivity index (χ1n) is 6.46. The van der Waals surface area contributed by atoms with E-state index in [1.807, 2.05) is 0 Å². The van der Waals surface area contributed by atoms with E-state index in [0.717, 1.165) is 0 Å². The molecule has 0 aliphatic rings. The van der Waals surface area contributed by atoms with E-state index in [1.165, 1.54) is 19.1 Å². The zero-order chi connectivity index (χ0) is 15.2. The molecule has 4 nitrogen and oxygen atoms in total. The fourth-order valence-electron chi connectivity index (χ4n) is 1.88. The van der Waals surface area contributed by atoms with Crippen LogP contribution in [0.1, 0.15) is 17.3 Å². The van der Waals surface area contributed by atoms with Crippen LogP contribution in [-0.2, 0) is 4.79 Å². The molecule has 0 saturated carbocycles. The molecule has 21 heavy (non-hydrogen) atoms. The number of benzene rings is 2. The first-order valence-corrected chi connectivity index (χ1v) is 6.46. The average molecular weight is 286 g/mol. The van der Waals surface area contributed by atoms with Crippen LogP contribution in [-0.4, -0.2) is 18.2 Å². The van der Waals surface area contributed by atoms with Crippen molar-refractivity contribution in [2.45, 2.75) is 6.92 Å². The van der Waals surface area contributed by atoms with Gasteiger partial charge >= 0.3 is 0 Å². The SMILES string of the molecule is CC(=O)c1ccccc1NCC(=O)Nc1ccccc1F. The minimum atomic E-state index is -0.491. The Morgan fingerprint density at radius 3 is 2.29 bits per heavy atom. The smallest absolute Gasteiger partial charge is 0.243 e. The maximum absolute atomic E-state index is 13.4. The monoisotopic (exact) mass is 286 g/mol. The van der Waals surface area contributed by atoms with E-state index in [1.54, 1.807) is 36.4 Å². The van der Waals surface area contributed by atoms with Crippen molar-refractivity contribution in [1.82, 2.24) is 0 Å². The van der Waals surface area contributed by atoms with Crippen LogP contribution >= 0.6 is 0 Å². The van der Waals surface area contributed by atoms with Gasteiger partial charge in [-0.25, -0.2) is 4.39 Å². The van der Waals surface area contributed by atoms with Crippen molar-refractivity contribution in [3.63, 3.8) is 0 Å². The number of hydrogen-bond donors (Lipinski definition) is 2. The third kappa shape index (κ3) is 3.89. The maximum Gasteiger partial charge on any atom is 0.243 e. The Bertz CT molecular complexity index is 671. The molecule has 0 radical (unpaired) electrons. The Hall–Kier alpha value is -2.69. The highest BCUT2D eigenvalue weighted by molar-refractivity contribution is 6.00. The molecule has 2 rings (SSSR count). The number of amides is 1. The Balaban J connectivity index is 1.99. The van der Waals surface area contributed by atoms with Crippen LogP contribution in [0.15, 0.2) is 48.5 Å². The lowest BCUT2D eigenvalue weighted by atomic mass is 10.1. The van der Waals surface area contributed by atoms with Crippen LogP contribution in [0.25, 0.3) is 0 Å². The summed E-state index contributed by atoms with van der Waals surface area (Å²) in [6.45, 7) is 1.40. The average Bonchev–Trinajstić information content (AvgIpc) is 2.48. The second-order valence-electron chi connectivity index (χ2n) is 4.48. The van der Waals surface area contributed by atoms with Crippen molar-refractivity contribution in [3.8, 4) is 0 Å². The Labute approximate surface area is 122 Å². The van der Waals surface area contributed by atoms with Crippen LogP contribution in [0.4, 0.5) is 15.8 Å². The third-order valence-corrected chi connectivity index (χ3v) is 2.89. The third-order valence-electron chi connectivity index (χ3n) is 2.89. The van der Waals surface area contributed by atoms with Gasteiger partial charge in [0.1, 0.15) is 5.82 Å². The van der Waals surface area contributed by atoms with Crippen molar-refractivity contribution in [2.24, 2.45) is 0 Å². The number of ketones is 1. The minimum absolute atomic E-state index is 0.0569. The van der Waals surface area contributed by atoms with E-state index in [9.17, 15) is 14.0 Å². The summed E-state index contributed by atoms with van der Waals surface area (Å²) in [7, 11) is 0. The van der Waals surface area contributed by atoms with Crippen molar-refractivity contribution < 1.29 is 14.0 Å². The highest BCUT2D eigenvalue weighted by Gasteiger charge is 2.09. The summed E-state index contributed by atoms with van der Waals surface area (Å²) in [5, 5.41) is 5.35. The van der Waals surface area contributed by atoms with E-state index in [-0.39, 0.29) is 18.0 Å². The molecule has 0 spiro atoms. The quantitative estimate of drug-likeness (QED) is 0.830. The number of carbonyl (C=O) groups is 2. The number of nitrogens with one attached hydrogen (secondary N) is 2. The molecule has 0 heterocycles. The Morgan fingerprint density at radius 1 is 1.00 bits per heavy atom. The van der Waals surface area contributed by atoms with E-state index in [0.29, 0.717) is 11.3 Å². The number of rotatable bonds is 5. The number of Topliss-reactive ketones (excluding diaryl/α,β-unsaturated/α-hetero) is 1. The predicted molar refractivity (Wildman–Crippen MR) is 80.0 cm³/mol. The van der Waals surface area contributed by atoms with Gasteiger partial charge in [-0.1, -0.05) is 24.3 Å². The Kier molecular flexibility index (Phi) is 4.66. The summed E-state index contributed by atoms with van der Waals surface area (Å²) in [5.41, 5.74) is 1.22. The molecule has 2 aromatic carbocycles. The van der Waals surface area contributed by atoms with Crippen molar-refractivity contribution in [2.75, 3.05) is 17.2 Å². The second-order valence-corrected chi connectivity index (χ2v) is 4.48. The number of carbonyl (C=O) groups excluding carboxylic acids is 2. The van der Waals surface area contributed by atoms with Gasteiger partial charge in [-0.05, 0) is 31.2 Å².